The Kier molecular flexibility index (Phi) is 3.10. The van der Waals surface area contributed by atoms with Crippen molar-refractivity contribution in [3.8, 4) is 22.6 Å². The SMILES string of the molecule is CC1(C)Oc2cc(Br)ccc2-c2ccc(Br)cc2O1. The molecule has 0 unspecified atom stereocenters. The lowest BCUT2D eigenvalue weighted by molar-refractivity contribution is -0.0779. The van der Waals surface area contributed by atoms with Gasteiger partial charge in [0.25, 0.3) is 0 Å². The van der Waals surface area contributed by atoms with Crippen LogP contribution in [-0.4, -0.2) is 5.79 Å². The van der Waals surface area contributed by atoms with Gasteiger partial charge in [0, 0.05) is 33.9 Å². The van der Waals surface area contributed by atoms with Crippen molar-refractivity contribution in [1.82, 2.24) is 0 Å². The van der Waals surface area contributed by atoms with Gasteiger partial charge in [-0.3, -0.25) is 0 Å². The van der Waals surface area contributed by atoms with Gasteiger partial charge < -0.3 is 9.47 Å². The molecule has 4 heteroatoms. The third-order valence-electron chi connectivity index (χ3n) is 2.89. The average molecular weight is 384 g/mol. The van der Waals surface area contributed by atoms with Gasteiger partial charge in [0.1, 0.15) is 11.5 Å². The first-order valence-electron chi connectivity index (χ1n) is 5.92. The minimum absolute atomic E-state index is 0.707. The van der Waals surface area contributed by atoms with Crippen LogP contribution in [0.4, 0.5) is 0 Å². The fourth-order valence-electron chi connectivity index (χ4n) is 2.16. The summed E-state index contributed by atoms with van der Waals surface area (Å²) in [4.78, 5) is 0. The number of hydrogen-bond donors (Lipinski definition) is 0. The van der Waals surface area contributed by atoms with Crippen molar-refractivity contribution < 1.29 is 9.47 Å². The Bertz CT molecular complexity index is 595. The third-order valence-corrected chi connectivity index (χ3v) is 3.88. The largest absolute Gasteiger partial charge is 0.452 e. The minimum atomic E-state index is -0.707. The zero-order valence-corrected chi connectivity index (χ0v) is 13.7. The second kappa shape index (κ2) is 4.53. The molecule has 0 saturated heterocycles. The van der Waals surface area contributed by atoms with Gasteiger partial charge in [0.2, 0.25) is 5.79 Å². The lowest BCUT2D eigenvalue weighted by Gasteiger charge is -2.25. The molecule has 0 aromatic heterocycles. The van der Waals surface area contributed by atoms with Crippen molar-refractivity contribution in [2.45, 2.75) is 19.6 Å². The molecule has 0 spiro atoms. The summed E-state index contributed by atoms with van der Waals surface area (Å²) >= 11 is 6.95. The highest BCUT2D eigenvalue weighted by atomic mass is 79.9. The maximum atomic E-state index is 5.98. The molecule has 2 aromatic carbocycles. The molecule has 1 aliphatic heterocycles. The van der Waals surface area contributed by atoms with Gasteiger partial charge >= 0.3 is 0 Å². The third kappa shape index (κ3) is 2.51. The number of halogens is 2. The summed E-state index contributed by atoms with van der Waals surface area (Å²) in [6.45, 7) is 3.82. The summed E-state index contributed by atoms with van der Waals surface area (Å²) in [5.41, 5.74) is 2.08. The molecule has 1 heterocycles. The molecule has 0 aliphatic carbocycles. The Morgan fingerprint density at radius 3 is 1.63 bits per heavy atom. The molecule has 2 nitrogen and oxygen atoms in total. The van der Waals surface area contributed by atoms with Crippen LogP contribution in [0.5, 0.6) is 11.5 Å². The molecule has 0 amide bonds. The van der Waals surface area contributed by atoms with Gasteiger partial charge in [0.05, 0.1) is 0 Å². The van der Waals surface area contributed by atoms with Crippen LogP contribution < -0.4 is 9.47 Å². The molecule has 0 bridgehead atoms. The normalized spacial score (nSPS) is 15.6. The van der Waals surface area contributed by atoms with Crippen molar-refractivity contribution in [1.29, 1.82) is 0 Å². The zero-order valence-electron chi connectivity index (χ0n) is 10.5. The summed E-state index contributed by atoms with van der Waals surface area (Å²) < 4.78 is 13.9. The highest BCUT2D eigenvalue weighted by Crippen LogP contribution is 2.44. The van der Waals surface area contributed by atoms with E-state index in [4.69, 9.17) is 9.47 Å². The van der Waals surface area contributed by atoms with Crippen molar-refractivity contribution >= 4 is 31.9 Å². The summed E-state index contributed by atoms with van der Waals surface area (Å²) in [6.07, 6.45) is 0. The van der Waals surface area contributed by atoms with Crippen LogP contribution in [0, 0.1) is 0 Å². The molecule has 19 heavy (non-hydrogen) atoms. The van der Waals surface area contributed by atoms with E-state index in [1.54, 1.807) is 0 Å². The van der Waals surface area contributed by atoms with E-state index in [1.807, 2.05) is 50.2 Å². The van der Waals surface area contributed by atoms with E-state index in [0.29, 0.717) is 0 Å². The summed E-state index contributed by atoms with van der Waals surface area (Å²) in [7, 11) is 0. The Morgan fingerprint density at radius 2 is 1.21 bits per heavy atom. The van der Waals surface area contributed by atoms with Crippen molar-refractivity contribution in [3.63, 3.8) is 0 Å². The van der Waals surface area contributed by atoms with E-state index in [2.05, 4.69) is 31.9 Å². The number of fused-ring (bicyclic) bond motifs is 3. The van der Waals surface area contributed by atoms with Crippen LogP contribution in [0.2, 0.25) is 0 Å². The maximum Gasteiger partial charge on any atom is 0.245 e. The second-order valence-electron chi connectivity index (χ2n) is 4.88. The van der Waals surface area contributed by atoms with Gasteiger partial charge in [-0.25, -0.2) is 0 Å². The van der Waals surface area contributed by atoms with Crippen molar-refractivity contribution in [2.24, 2.45) is 0 Å². The van der Waals surface area contributed by atoms with E-state index in [1.165, 1.54) is 0 Å². The standard InChI is InChI=1S/C15H12Br2O2/c1-15(2)18-13-7-9(16)3-5-11(13)12-6-4-10(17)8-14(12)19-15/h3-8H,1-2H3. The summed E-state index contributed by atoms with van der Waals surface area (Å²) in [5, 5.41) is 0. The Balaban J connectivity index is 2.28. The average Bonchev–Trinajstić information content (AvgIpc) is 2.39. The second-order valence-corrected chi connectivity index (χ2v) is 6.72. The van der Waals surface area contributed by atoms with Gasteiger partial charge in [-0.1, -0.05) is 31.9 Å². The molecule has 0 saturated carbocycles. The zero-order chi connectivity index (χ0) is 13.6. The Morgan fingerprint density at radius 1 is 0.789 bits per heavy atom. The van der Waals surface area contributed by atoms with Gasteiger partial charge in [-0.2, -0.15) is 0 Å². The number of benzene rings is 2. The molecular formula is C15H12Br2O2. The molecule has 0 fully saturated rings. The summed E-state index contributed by atoms with van der Waals surface area (Å²) in [5.74, 6) is 0.933. The van der Waals surface area contributed by atoms with Crippen LogP contribution in [0.3, 0.4) is 0 Å². The van der Waals surface area contributed by atoms with Crippen LogP contribution in [0.25, 0.3) is 11.1 Å². The molecule has 2 aromatic rings. The summed E-state index contributed by atoms with van der Waals surface area (Å²) in [6, 6.07) is 12.0. The minimum Gasteiger partial charge on any atom is -0.452 e. The predicted octanol–water partition coefficient (Wildman–Crippen LogP) is 5.39. The highest BCUT2D eigenvalue weighted by Gasteiger charge is 2.29. The predicted molar refractivity (Wildman–Crippen MR) is 82.6 cm³/mol. The van der Waals surface area contributed by atoms with E-state index in [0.717, 1.165) is 31.6 Å². The number of hydrogen-bond acceptors (Lipinski definition) is 2. The number of ether oxygens (including phenoxy) is 2. The van der Waals surface area contributed by atoms with E-state index in [9.17, 15) is 0 Å². The molecule has 1 aliphatic rings. The van der Waals surface area contributed by atoms with Gasteiger partial charge in [-0.15, -0.1) is 0 Å². The Labute approximate surface area is 129 Å². The quantitative estimate of drug-likeness (QED) is 0.607. The van der Waals surface area contributed by atoms with Crippen LogP contribution in [0.1, 0.15) is 13.8 Å². The van der Waals surface area contributed by atoms with Crippen LogP contribution in [-0.2, 0) is 0 Å². The fourth-order valence-corrected chi connectivity index (χ4v) is 2.84. The van der Waals surface area contributed by atoms with E-state index >= 15 is 0 Å². The fraction of sp³-hybridized carbons (Fsp3) is 0.200. The molecule has 98 valence electrons. The van der Waals surface area contributed by atoms with E-state index < -0.39 is 5.79 Å². The lowest BCUT2D eigenvalue weighted by Crippen LogP contribution is -2.34. The number of rotatable bonds is 0. The van der Waals surface area contributed by atoms with E-state index in [-0.39, 0.29) is 0 Å². The molecule has 0 atom stereocenters. The Hall–Kier alpha value is -1.00. The first-order valence-corrected chi connectivity index (χ1v) is 7.51. The topological polar surface area (TPSA) is 18.5 Å². The lowest BCUT2D eigenvalue weighted by atomic mass is 10.0. The van der Waals surface area contributed by atoms with Crippen molar-refractivity contribution in [3.05, 3.63) is 45.3 Å². The first kappa shape index (κ1) is 13.0. The van der Waals surface area contributed by atoms with Crippen LogP contribution in [0.15, 0.2) is 45.3 Å². The van der Waals surface area contributed by atoms with Crippen LogP contribution >= 0.6 is 31.9 Å². The van der Waals surface area contributed by atoms with Crippen molar-refractivity contribution in [2.75, 3.05) is 0 Å². The molecular weight excluding hydrogens is 372 g/mol. The molecule has 3 rings (SSSR count). The molecule has 0 N–H and O–H groups in total. The molecule has 0 radical (unpaired) electrons. The maximum absolute atomic E-state index is 5.98. The van der Waals surface area contributed by atoms with Gasteiger partial charge in [0.15, 0.2) is 0 Å². The smallest absolute Gasteiger partial charge is 0.245 e. The highest BCUT2D eigenvalue weighted by molar-refractivity contribution is 9.10. The monoisotopic (exact) mass is 382 g/mol. The van der Waals surface area contributed by atoms with Gasteiger partial charge in [-0.05, 0) is 36.4 Å². The first-order chi connectivity index (χ1) is 8.94.